The summed E-state index contributed by atoms with van der Waals surface area (Å²) in [6, 6.07) is 12.4. The van der Waals surface area contributed by atoms with Crippen LogP contribution in [-0.4, -0.2) is 38.8 Å². The molecule has 8 nitrogen and oxygen atoms in total. The molecular formula is C21H22N2O6S. The van der Waals surface area contributed by atoms with E-state index in [0.29, 0.717) is 22.6 Å². The second kappa shape index (κ2) is 8.29. The first-order valence-corrected chi connectivity index (χ1v) is 10.6. The summed E-state index contributed by atoms with van der Waals surface area (Å²) in [5.74, 6) is -0.0905. The van der Waals surface area contributed by atoms with E-state index in [1.807, 2.05) is 0 Å². The molecule has 0 aliphatic heterocycles. The summed E-state index contributed by atoms with van der Waals surface area (Å²) in [6.45, 7) is 3.33. The van der Waals surface area contributed by atoms with Gasteiger partial charge in [0.1, 0.15) is 11.3 Å². The van der Waals surface area contributed by atoms with Crippen LogP contribution in [0.1, 0.15) is 12.5 Å². The van der Waals surface area contributed by atoms with Crippen LogP contribution in [0.2, 0.25) is 0 Å². The average molecular weight is 430 g/mol. The molecular weight excluding hydrogens is 408 g/mol. The minimum Gasteiger partial charge on any atom is -0.481 e. The van der Waals surface area contributed by atoms with E-state index in [1.54, 1.807) is 38.1 Å². The highest BCUT2D eigenvalue weighted by molar-refractivity contribution is 7.89. The normalized spacial score (nSPS) is 12.7. The lowest BCUT2D eigenvalue weighted by Crippen LogP contribution is -2.30. The molecule has 158 valence electrons. The maximum absolute atomic E-state index is 12.6. The third kappa shape index (κ3) is 4.52. The van der Waals surface area contributed by atoms with E-state index in [9.17, 15) is 18.0 Å². The van der Waals surface area contributed by atoms with Crippen LogP contribution in [0.25, 0.3) is 11.0 Å². The molecule has 1 atom stereocenters. The Balaban J connectivity index is 1.78. The fraction of sp³-hybridized carbons (Fsp3) is 0.238. The Hall–Kier alpha value is -3.17. The lowest BCUT2D eigenvalue weighted by Gasteiger charge is -2.17. The molecule has 0 fully saturated rings. The number of anilines is 1. The first-order chi connectivity index (χ1) is 14.1. The quantitative estimate of drug-likeness (QED) is 0.603. The van der Waals surface area contributed by atoms with Crippen LogP contribution in [0.15, 0.2) is 62.6 Å². The summed E-state index contributed by atoms with van der Waals surface area (Å²) in [4.78, 5) is 24.1. The molecule has 1 amide bonds. The highest BCUT2D eigenvalue weighted by Gasteiger charge is 2.20. The van der Waals surface area contributed by atoms with Crippen molar-refractivity contribution in [2.75, 3.05) is 19.4 Å². The van der Waals surface area contributed by atoms with Crippen LogP contribution in [0.4, 0.5) is 5.69 Å². The van der Waals surface area contributed by atoms with E-state index in [-0.39, 0.29) is 4.90 Å². The van der Waals surface area contributed by atoms with Gasteiger partial charge < -0.3 is 14.5 Å². The van der Waals surface area contributed by atoms with Crippen molar-refractivity contribution in [2.24, 2.45) is 0 Å². The number of aryl methyl sites for hydroxylation is 1. The van der Waals surface area contributed by atoms with E-state index in [0.717, 1.165) is 9.69 Å². The molecule has 0 aliphatic rings. The summed E-state index contributed by atoms with van der Waals surface area (Å²) >= 11 is 0. The number of benzene rings is 2. The number of ether oxygens (including phenoxy) is 1. The zero-order valence-electron chi connectivity index (χ0n) is 17.0. The molecule has 0 spiro atoms. The standard InChI is InChI=1S/C21H22N2O6S/c1-13-5-9-17(30(26,27)23(3)4)12-18(13)22-21(25)14(2)28-16-8-6-15-7-10-20(24)29-19(15)11-16/h5-12,14H,1-4H3,(H,22,25)/t14-/m0/s1. The Bertz CT molecular complexity index is 1260. The van der Waals surface area contributed by atoms with Gasteiger partial charge in [-0.1, -0.05) is 6.07 Å². The molecule has 30 heavy (non-hydrogen) atoms. The smallest absolute Gasteiger partial charge is 0.336 e. The highest BCUT2D eigenvalue weighted by Crippen LogP contribution is 2.23. The second-order valence-corrected chi connectivity index (χ2v) is 9.12. The first kappa shape index (κ1) is 21.5. The van der Waals surface area contributed by atoms with Crippen LogP contribution in [0, 0.1) is 6.92 Å². The van der Waals surface area contributed by atoms with Crippen molar-refractivity contribution < 1.29 is 22.4 Å². The number of nitrogens with one attached hydrogen (secondary N) is 1. The molecule has 1 heterocycles. The van der Waals surface area contributed by atoms with Gasteiger partial charge in [-0.05, 0) is 49.7 Å². The molecule has 0 aliphatic carbocycles. The van der Waals surface area contributed by atoms with Gasteiger partial charge in [-0.2, -0.15) is 0 Å². The number of carbonyl (C=O) groups is 1. The van der Waals surface area contributed by atoms with Gasteiger partial charge in [0, 0.05) is 37.3 Å². The molecule has 0 saturated heterocycles. The van der Waals surface area contributed by atoms with E-state index in [4.69, 9.17) is 9.15 Å². The predicted molar refractivity (Wildman–Crippen MR) is 113 cm³/mol. The number of rotatable bonds is 6. The largest absolute Gasteiger partial charge is 0.481 e. The van der Waals surface area contributed by atoms with Crippen molar-refractivity contribution in [1.29, 1.82) is 0 Å². The number of nitrogens with zero attached hydrogens (tertiary/aromatic N) is 1. The Morgan fingerprint density at radius 2 is 1.80 bits per heavy atom. The van der Waals surface area contributed by atoms with E-state index in [1.165, 1.54) is 38.4 Å². The molecule has 2 aromatic carbocycles. The molecule has 0 radical (unpaired) electrons. The Morgan fingerprint density at radius 1 is 1.10 bits per heavy atom. The van der Waals surface area contributed by atoms with Crippen LogP contribution >= 0.6 is 0 Å². The Kier molecular flexibility index (Phi) is 5.95. The van der Waals surface area contributed by atoms with Crippen molar-refractivity contribution in [3.05, 3.63) is 64.5 Å². The summed E-state index contributed by atoms with van der Waals surface area (Å²) < 4.78 is 36.6. The van der Waals surface area contributed by atoms with Gasteiger partial charge >= 0.3 is 5.63 Å². The van der Waals surface area contributed by atoms with Crippen molar-refractivity contribution in [3.8, 4) is 5.75 Å². The van der Waals surface area contributed by atoms with Gasteiger partial charge in [-0.25, -0.2) is 17.5 Å². The van der Waals surface area contributed by atoms with Crippen LogP contribution in [0.5, 0.6) is 5.75 Å². The fourth-order valence-corrected chi connectivity index (χ4v) is 3.64. The molecule has 0 unspecified atom stereocenters. The number of carbonyl (C=O) groups excluding carboxylic acids is 1. The Labute approximate surface area is 174 Å². The molecule has 3 rings (SSSR count). The molecule has 1 N–H and O–H groups in total. The summed E-state index contributed by atoms with van der Waals surface area (Å²) in [5, 5.41) is 3.44. The third-order valence-electron chi connectivity index (χ3n) is 4.52. The number of amides is 1. The van der Waals surface area contributed by atoms with E-state index < -0.39 is 27.7 Å². The van der Waals surface area contributed by atoms with Crippen LogP contribution in [0.3, 0.4) is 0 Å². The minimum atomic E-state index is -3.63. The monoisotopic (exact) mass is 430 g/mol. The first-order valence-electron chi connectivity index (χ1n) is 9.12. The lowest BCUT2D eigenvalue weighted by molar-refractivity contribution is -0.122. The maximum Gasteiger partial charge on any atom is 0.336 e. The van der Waals surface area contributed by atoms with Gasteiger partial charge in [-0.3, -0.25) is 4.79 Å². The maximum atomic E-state index is 12.6. The van der Waals surface area contributed by atoms with Gasteiger partial charge in [0.15, 0.2) is 6.10 Å². The second-order valence-electron chi connectivity index (χ2n) is 6.97. The van der Waals surface area contributed by atoms with Gasteiger partial charge in [0.2, 0.25) is 10.0 Å². The molecule has 0 saturated carbocycles. The SMILES string of the molecule is Cc1ccc(S(=O)(=O)N(C)C)cc1NC(=O)[C@H](C)Oc1ccc2ccc(=O)oc2c1. The fourth-order valence-electron chi connectivity index (χ4n) is 2.71. The van der Waals surface area contributed by atoms with Crippen molar-refractivity contribution in [3.63, 3.8) is 0 Å². The molecule has 3 aromatic rings. The molecule has 9 heteroatoms. The predicted octanol–water partition coefficient (Wildman–Crippen LogP) is 2.76. The summed E-state index contributed by atoms with van der Waals surface area (Å²) in [7, 11) is -0.751. The van der Waals surface area contributed by atoms with E-state index in [2.05, 4.69) is 5.32 Å². The van der Waals surface area contributed by atoms with Gasteiger partial charge in [-0.15, -0.1) is 0 Å². The van der Waals surface area contributed by atoms with Crippen molar-refractivity contribution >= 4 is 32.6 Å². The summed E-state index contributed by atoms with van der Waals surface area (Å²) in [5.41, 5.74) is 0.960. The number of fused-ring (bicyclic) bond motifs is 1. The number of hydrogen-bond acceptors (Lipinski definition) is 6. The van der Waals surface area contributed by atoms with E-state index >= 15 is 0 Å². The number of sulfonamides is 1. The van der Waals surface area contributed by atoms with Gasteiger partial charge in [0.05, 0.1) is 4.90 Å². The zero-order chi connectivity index (χ0) is 22.1. The number of hydrogen-bond donors (Lipinski definition) is 1. The molecule has 0 bridgehead atoms. The van der Waals surface area contributed by atoms with Crippen molar-refractivity contribution in [2.45, 2.75) is 24.8 Å². The molecule has 1 aromatic heterocycles. The van der Waals surface area contributed by atoms with Crippen LogP contribution < -0.4 is 15.7 Å². The Morgan fingerprint density at radius 3 is 2.50 bits per heavy atom. The third-order valence-corrected chi connectivity index (χ3v) is 6.33. The minimum absolute atomic E-state index is 0.0755. The average Bonchev–Trinajstić information content (AvgIpc) is 2.68. The highest BCUT2D eigenvalue weighted by atomic mass is 32.2. The van der Waals surface area contributed by atoms with Gasteiger partial charge in [0.25, 0.3) is 5.91 Å². The van der Waals surface area contributed by atoms with Crippen LogP contribution in [-0.2, 0) is 14.8 Å². The lowest BCUT2D eigenvalue weighted by atomic mass is 10.2. The van der Waals surface area contributed by atoms with Crippen molar-refractivity contribution in [1.82, 2.24) is 4.31 Å². The zero-order valence-corrected chi connectivity index (χ0v) is 17.8. The summed E-state index contributed by atoms with van der Waals surface area (Å²) in [6.07, 6.45) is -0.883. The topological polar surface area (TPSA) is 106 Å².